The molecule has 0 unspecified atom stereocenters. The summed E-state index contributed by atoms with van der Waals surface area (Å²) in [5.74, 6) is -0.833. The lowest BCUT2D eigenvalue weighted by Gasteiger charge is -2.12. The third kappa shape index (κ3) is 1.65. The number of hydrogen-bond acceptors (Lipinski definition) is 1. The van der Waals surface area contributed by atoms with Crippen molar-refractivity contribution in [1.82, 2.24) is 0 Å². The minimum atomic E-state index is -0.833. The smallest absolute Gasteiger partial charge is 0.335 e. The van der Waals surface area contributed by atoms with E-state index in [0.717, 1.165) is 23.1 Å². The molecule has 2 nitrogen and oxygen atoms in total. The van der Waals surface area contributed by atoms with Gasteiger partial charge in [-0.05, 0) is 55.5 Å². The molecule has 0 fully saturated rings. The number of carboxylic acids is 1. The maximum absolute atomic E-state index is 11.0. The zero-order valence-electron chi connectivity index (χ0n) is 9.14. The molecule has 0 aliphatic heterocycles. The molecule has 0 bridgehead atoms. The Bertz CT molecular complexity index is 378. The summed E-state index contributed by atoms with van der Waals surface area (Å²) in [5, 5.41) is 9.00. The quantitative estimate of drug-likeness (QED) is 0.782. The number of carboxylic acid groups (broad SMARTS) is 1. The highest BCUT2D eigenvalue weighted by atomic mass is 16.4. The van der Waals surface area contributed by atoms with Gasteiger partial charge in [0.05, 0.1) is 5.56 Å². The van der Waals surface area contributed by atoms with Crippen molar-refractivity contribution < 1.29 is 9.90 Å². The summed E-state index contributed by atoms with van der Waals surface area (Å²) < 4.78 is 0. The van der Waals surface area contributed by atoms with E-state index in [-0.39, 0.29) is 0 Å². The maximum Gasteiger partial charge on any atom is 0.335 e. The van der Waals surface area contributed by atoms with Crippen molar-refractivity contribution in [2.24, 2.45) is 0 Å². The lowest BCUT2D eigenvalue weighted by molar-refractivity contribution is 0.0696. The normalized spacial score (nSPS) is 10.3. The predicted molar refractivity (Wildman–Crippen MR) is 57.0 cm³/mol. The van der Waals surface area contributed by atoms with Crippen LogP contribution in [0.25, 0.3) is 0 Å². The molecule has 0 radical (unpaired) electrons. The van der Waals surface area contributed by atoms with Crippen molar-refractivity contribution in [3.8, 4) is 0 Å². The summed E-state index contributed by atoms with van der Waals surface area (Å²) in [6, 6.07) is 1.79. The van der Waals surface area contributed by atoms with Gasteiger partial charge in [-0.3, -0.25) is 0 Å². The van der Waals surface area contributed by atoms with Gasteiger partial charge in [-0.2, -0.15) is 0 Å². The van der Waals surface area contributed by atoms with Crippen molar-refractivity contribution in [3.05, 3.63) is 33.9 Å². The minimum absolute atomic E-state index is 0.435. The Hall–Kier alpha value is -1.31. The lowest BCUT2D eigenvalue weighted by atomic mass is 9.93. The molecule has 0 saturated carbocycles. The molecule has 1 aromatic carbocycles. The van der Waals surface area contributed by atoms with Crippen LogP contribution in [0.15, 0.2) is 6.07 Å². The molecule has 0 spiro atoms. The standard InChI is InChI=1S/C12H16O2/c1-5-10-6-11(12(13)14)9(4)7(2)8(10)3/h6H,5H2,1-4H3,(H,13,14). The molecule has 1 rings (SSSR count). The number of aromatic carboxylic acids is 1. The molecular formula is C12H16O2. The largest absolute Gasteiger partial charge is 0.478 e. The van der Waals surface area contributed by atoms with E-state index in [0.29, 0.717) is 5.56 Å². The minimum Gasteiger partial charge on any atom is -0.478 e. The van der Waals surface area contributed by atoms with Crippen LogP contribution >= 0.6 is 0 Å². The van der Waals surface area contributed by atoms with E-state index < -0.39 is 5.97 Å². The summed E-state index contributed by atoms with van der Waals surface area (Å²) in [7, 11) is 0. The van der Waals surface area contributed by atoms with Crippen molar-refractivity contribution >= 4 is 5.97 Å². The summed E-state index contributed by atoms with van der Waals surface area (Å²) in [6.45, 7) is 7.94. The van der Waals surface area contributed by atoms with Gasteiger partial charge in [-0.1, -0.05) is 6.92 Å². The van der Waals surface area contributed by atoms with Crippen molar-refractivity contribution in [2.45, 2.75) is 34.1 Å². The van der Waals surface area contributed by atoms with Crippen LogP contribution in [0.4, 0.5) is 0 Å². The maximum atomic E-state index is 11.0. The average molecular weight is 192 g/mol. The first-order chi connectivity index (χ1) is 6.49. The fourth-order valence-electron chi connectivity index (χ4n) is 1.70. The van der Waals surface area contributed by atoms with Gasteiger partial charge in [-0.15, -0.1) is 0 Å². The van der Waals surface area contributed by atoms with Gasteiger partial charge in [0.25, 0.3) is 0 Å². The molecule has 0 aliphatic carbocycles. The van der Waals surface area contributed by atoms with Gasteiger partial charge in [0.2, 0.25) is 0 Å². The van der Waals surface area contributed by atoms with Crippen molar-refractivity contribution in [2.75, 3.05) is 0 Å². The van der Waals surface area contributed by atoms with E-state index in [4.69, 9.17) is 5.11 Å². The molecule has 0 amide bonds. The molecule has 0 aromatic heterocycles. The summed E-state index contributed by atoms with van der Waals surface area (Å²) >= 11 is 0. The van der Waals surface area contributed by atoms with Crippen molar-refractivity contribution in [1.29, 1.82) is 0 Å². The second-order valence-corrected chi connectivity index (χ2v) is 3.62. The first kappa shape index (κ1) is 10.8. The Balaban J connectivity index is 3.48. The Morgan fingerprint density at radius 1 is 1.21 bits per heavy atom. The molecule has 2 heteroatoms. The molecule has 0 atom stereocenters. The average Bonchev–Trinajstić information content (AvgIpc) is 2.14. The monoisotopic (exact) mass is 192 g/mol. The molecule has 0 saturated heterocycles. The van der Waals surface area contributed by atoms with Crippen LogP contribution < -0.4 is 0 Å². The Morgan fingerprint density at radius 2 is 1.79 bits per heavy atom. The lowest BCUT2D eigenvalue weighted by Crippen LogP contribution is -2.05. The van der Waals surface area contributed by atoms with E-state index >= 15 is 0 Å². The number of aryl methyl sites for hydroxylation is 1. The SMILES string of the molecule is CCc1cc(C(=O)O)c(C)c(C)c1C. The summed E-state index contributed by atoms with van der Waals surface area (Å²) in [6.07, 6.45) is 0.882. The van der Waals surface area contributed by atoms with Crippen LogP contribution in [-0.2, 0) is 6.42 Å². The zero-order chi connectivity index (χ0) is 10.9. The van der Waals surface area contributed by atoms with E-state index in [2.05, 4.69) is 0 Å². The third-order valence-electron chi connectivity index (χ3n) is 2.94. The van der Waals surface area contributed by atoms with E-state index in [9.17, 15) is 4.79 Å². The Kier molecular flexibility index (Phi) is 2.94. The van der Waals surface area contributed by atoms with Gasteiger partial charge in [0.1, 0.15) is 0 Å². The fourth-order valence-corrected chi connectivity index (χ4v) is 1.70. The highest BCUT2D eigenvalue weighted by molar-refractivity contribution is 5.90. The van der Waals surface area contributed by atoms with Crippen LogP contribution in [0.3, 0.4) is 0 Å². The molecule has 1 aromatic rings. The summed E-state index contributed by atoms with van der Waals surface area (Å²) in [4.78, 5) is 11.0. The number of benzene rings is 1. The van der Waals surface area contributed by atoms with Gasteiger partial charge in [0.15, 0.2) is 0 Å². The molecule has 14 heavy (non-hydrogen) atoms. The topological polar surface area (TPSA) is 37.3 Å². The van der Waals surface area contributed by atoms with Crippen LogP contribution in [0.5, 0.6) is 0 Å². The van der Waals surface area contributed by atoms with Gasteiger partial charge < -0.3 is 5.11 Å². The van der Waals surface area contributed by atoms with Crippen LogP contribution in [0, 0.1) is 20.8 Å². The fraction of sp³-hybridized carbons (Fsp3) is 0.417. The third-order valence-corrected chi connectivity index (χ3v) is 2.94. The van der Waals surface area contributed by atoms with Crippen LogP contribution in [-0.4, -0.2) is 11.1 Å². The molecule has 0 aliphatic rings. The van der Waals surface area contributed by atoms with Gasteiger partial charge in [0, 0.05) is 0 Å². The number of rotatable bonds is 2. The van der Waals surface area contributed by atoms with E-state index in [1.807, 2.05) is 27.7 Å². The zero-order valence-corrected chi connectivity index (χ0v) is 9.14. The molecule has 76 valence electrons. The molecular weight excluding hydrogens is 176 g/mol. The van der Waals surface area contributed by atoms with Crippen LogP contribution in [0.2, 0.25) is 0 Å². The highest BCUT2D eigenvalue weighted by Crippen LogP contribution is 2.22. The van der Waals surface area contributed by atoms with Gasteiger partial charge in [-0.25, -0.2) is 4.79 Å². The molecule has 0 heterocycles. The molecule has 1 N–H and O–H groups in total. The Labute approximate surface area is 84.6 Å². The van der Waals surface area contributed by atoms with Crippen LogP contribution in [0.1, 0.15) is 39.5 Å². The van der Waals surface area contributed by atoms with E-state index in [1.165, 1.54) is 5.56 Å². The van der Waals surface area contributed by atoms with Crippen molar-refractivity contribution in [3.63, 3.8) is 0 Å². The number of hydrogen-bond donors (Lipinski definition) is 1. The first-order valence-electron chi connectivity index (χ1n) is 4.82. The first-order valence-corrected chi connectivity index (χ1v) is 4.82. The van der Waals surface area contributed by atoms with E-state index in [1.54, 1.807) is 6.07 Å². The second-order valence-electron chi connectivity index (χ2n) is 3.62. The highest BCUT2D eigenvalue weighted by Gasteiger charge is 2.12. The Morgan fingerprint density at radius 3 is 2.21 bits per heavy atom. The summed E-state index contributed by atoms with van der Waals surface area (Å²) in [5.41, 5.74) is 4.76. The predicted octanol–water partition coefficient (Wildman–Crippen LogP) is 2.87. The number of carbonyl (C=O) groups is 1. The van der Waals surface area contributed by atoms with Gasteiger partial charge >= 0.3 is 5.97 Å². The second kappa shape index (κ2) is 3.82.